The number of hydrogen-bond acceptors (Lipinski definition) is 3. The number of amides is 1. The molecule has 1 amide bonds. The fourth-order valence-electron chi connectivity index (χ4n) is 2.41. The molecule has 1 atom stereocenters. The summed E-state index contributed by atoms with van der Waals surface area (Å²) in [6.45, 7) is 1.02. The zero-order valence-electron chi connectivity index (χ0n) is 10.9. The van der Waals surface area contributed by atoms with E-state index in [1.54, 1.807) is 11.0 Å². The molecule has 1 aromatic rings. The van der Waals surface area contributed by atoms with E-state index in [4.69, 9.17) is 0 Å². The van der Waals surface area contributed by atoms with Crippen LogP contribution in [0.5, 0.6) is 0 Å². The van der Waals surface area contributed by atoms with Crippen molar-refractivity contribution in [2.24, 2.45) is 0 Å². The number of anilines is 1. The molecule has 5 heteroatoms. The van der Waals surface area contributed by atoms with Gasteiger partial charge in [-0.1, -0.05) is 18.2 Å². The molecule has 19 heavy (non-hydrogen) atoms. The Morgan fingerprint density at radius 3 is 2.84 bits per heavy atom. The molecule has 1 aliphatic heterocycles. The van der Waals surface area contributed by atoms with Gasteiger partial charge in [0.15, 0.2) is 0 Å². The first-order valence-corrected chi connectivity index (χ1v) is 6.42. The largest absolute Gasteiger partial charge is 0.481 e. The summed E-state index contributed by atoms with van der Waals surface area (Å²) in [5, 5.41) is 12.2. The number of rotatable bonds is 5. The first-order valence-electron chi connectivity index (χ1n) is 6.42. The van der Waals surface area contributed by atoms with Gasteiger partial charge >= 0.3 is 5.97 Å². The van der Waals surface area contributed by atoms with Gasteiger partial charge in [-0.3, -0.25) is 9.59 Å². The van der Waals surface area contributed by atoms with E-state index in [1.807, 2.05) is 25.2 Å². The predicted molar refractivity (Wildman–Crippen MR) is 72.3 cm³/mol. The highest BCUT2D eigenvalue weighted by molar-refractivity contribution is 5.98. The summed E-state index contributed by atoms with van der Waals surface area (Å²) in [6.07, 6.45) is 1.19. The predicted octanol–water partition coefficient (Wildman–Crippen LogP) is 1.20. The molecule has 1 aromatic carbocycles. The maximum absolute atomic E-state index is 12.2. The Labute approximate surface area is 112 Å². The minimum absolute atomic E-state index is 0.00792. The second kappa shape index (κ2) is 5.84. The Kier molecular flexibility index (Phi) is 4.16. The van der Waals surface area contributed by atoms with Crippen LogP contribution in [0.3, 0.4) is 0 Å². The van der Waals surface area contributed by atoms with Crippen LogP contribution < -0.4 is 10.2 Å². The molecular weight excluding hydrogens is 244 g/mol. The number of carbonyl (C=O) groups excluding carboxylic acids is 1. The van der Waals surface area contributed by atoms with Crippen LogP contribution in [0.4, 0.5) is 5.69 Å². The Hall–Kier alpha value is -1.88. The molecule has 0 aromatic heterocycles. The van der Waals surface area contributed by atoms with Crippen molar-refractivity contribution in [3.05, 3.63) is 29.8 Å². The van der Waals surface area contributed by atoms with Crippen LogP contribution in [-0.2, 0) is 9.59 Å². The van der Waals surface area contributed by atoms with E-state index < -0.39 is 11.9 Å². The first-order chi connectivity index (χ1) is 9.15. The number of carboxylic acid groups (broad SMARTS) is 1. The molecule has 1 unspecified atom stereocenters. The lowest BCUT2D eigenvalue weighted by Crippen LogP contribution is -2.31. The van der Waals surface area contributed by atoms with E-state index >= 15 is 0 Å². The van der Waals surface area contributed by atoms with Gasteiger partial charge in [0.25, 0.3) is 0 Å². The van der Waals surface area contributed by atoms with Crippen molar-refractivity contribution in [2.75, 3.05) is 25.0 Å². The molecule has 1 heterocycles. The third kappa shape index (κ3) is 2.76. The number of benzene rings is 1. The van der Waals surface area contributed by atoms with Crippen molar-refractivity contribution in [3.8, 4) is 0 Å². The van der Waals surface area contributed by atoms with E-state index in [2.05, 4.69) is 5.32 Å². The highest BCUT2D eigenvalue weighted by Gasteiger charge is 2.35. The summed E-state index contributed by atoms with van der Waals surface area (Å²) >= 11 is 0. The van der Waals surface area contributed by atoms with Crippen LogP contribution in [-0.4, -0.2) is 37.1 Å². The second-order valence-corrected chi connectivity index (χ2v) is 4.66. The molecule has 2 rings (SSSR count). The lowest BCUT2D eigenvalue weighted by atomic mass is 10.0. The minimum Gasteiger partial charge on any atom is -0.481 e. The molecule has 0 spiro atoms. The number of carboxylic acids is 1. The van der Waals surface area contributed by atoms with Crippen LogP contribution in [0, 0.1) is 0 Å². The third-order valence-electron chi connectivity index (χ3n) is 3.38. The summed E-state index contributed by atoms with van der Waals surface area (Å²) in [6, 6.07) is 7.24. The van der Waals surface area contributed by atoms with Crippen LogP contribution >= 0.6 is 0 Å². The zero-order valence-corrected chi connectivity index (χ0v) is 10.9. The summed E-state index contributed by atoms with van der Waals surface area (Å²) in [7, 11) is 1.84. The quantitative estimate of drug-likeness (QED) is 0.782. The smallest absolute Gasteiger partial charge is 0.312 e. The monoisotopic (exact) mass is 262 g/mol. The highest BCUT2D eigenvalue weighted by atomic mass is 16.4. The van der Waals surface area contributed by atoms with Gasteiger partial charge in [0.1, 0.15) is 5.92 Å². The average molecular weight is 262 g/mol. The summed E-state index contributed by atoms with van der Waals surface area (Å²) in [4.78, 5) is 25.0. The van der Waals surface area contributed by atoms with Gasteiger partial charge in [-0.25, -0.2) is 0 Å². The van der Waals surface area contributed by atoms with Gasteiger partial charge in [-0.15, -0.1) is 0 Å². The number of nitrogens with one attached hydrogen (secondary N) is 1. The second-order valence-electron chi connectivity index (χ2n) is 4.66. The number of hydrogen-bond donors (Lipinski definition) is 2. The number of para-hydroxylation sites is 1. The Morgan fingerprint density at radius 2 is 2.16 bits per heavy atom. The first kappa shape index (κ1) is 13.5. The fraction of sp³-hybridized carbons (Fsp3) is 0.429. The summed E-state index contributed by atoms with van der Waals surface area (Å²) in [5.74, 6) is -1.49. The van der Waals surface area contributed by atoms with E-state index in [9.17, 15) is 14.7 Å². The normalized spacial score (nSPS) is 17.3. The highest BCUT2D eigenvalue weighted by Crippen LogP contribution is 2.36. The van der Waals surface area contributed by atoms with E-state index in [0.29, 0.717) is 6.42 Å². The van der Waals surface area contributed by atoms with Crippen LogP contribution in [0.25, 0.3) is 0 Å². The van der Waals surface area contributed by atoms with Crippen molar-refractivity contribution in [1.82, 2.24) is 5.32 Å². The van der Waals surface area contributed by atoms with Crippen molar-refractivity contribution in [2.45, 2.75) is 18.8 Å². The van der Waals surface area contributed by atoms with Gasteiger partial charge < -0.3 is 15.3 Å². The van der Waals surface area contributed by atoms with Gasteiger partial charge in [0, 0.05) is 18.7 Å². The van der Waals surface area contributed by atoms with Crippen molar-refractivity contribution in [1.29, 1.82) is 0 Å². The van der Waals surface area contributed by atoms with Crippen LogP contribution in [0.1, 0.15) is 24.3 Å². The van der Waals surface area contributed by atoms with Crippen LogP contribution in [0.2, 0.25) is 0 Å². The van der Waals surface area contributed by atoms with E-state index in [-0.39, 0.29) is 12.5 Å². The topological polar surface area (TPSA) is 69.6 Å². The van der Waals surface area contributed by atoms with Crippen molar-refractivity contribution < 1.29 is 14.7 Å². The number of aliphatic carboxylic acids is 1. The minimum atomic E-state index is -0.877. The third-order valence-corrected chi connectivity index (χ3v) is 3.38. The number of fused-ring (bicyclic) bond motifs is 1. The fourth-order valence-corrected chi connectivity index (χ4v) is 2.41. The standard InChI is InChI=1S/C14H18N2O3/c1-15-8-4-7-13(17)16-9-11(14(18)19)10-5-2-3-6-12(10)16/h2-3,5-6,11,15H,4,7-9H2,1H3,(H,18,19). The summed E-state index contributed by atoms with van der Waals surface area (Å²) < 4.78 is 0. The van der Waals surface area contributed by atoms with Gasteiger partial charge in [0.05, 0.1) is 0 Å². The molecule has 0 aliphatic carbocycles. The maximum Gasteiger partial charge on any atom is 0.312 e. The molecule has 0 saturated heterocycles. The molecule has 0 saturated carbocycles. The zero-order chi connectivity index (χ0) is 13.8. The van der Waals surface area contributed by atoms with Crippen molar-refractivity contribution >= 4 is 17.6 Å². The molecule has 2 N–H and O–H groups in total. The Balaban J connectivity index is 2.15. The van der Waals surface area contributed by atoms with E-state index in [0.717, 1.165) is 24.2 Å². The molecular formula is C14H18N2O3. The number of carbonyl (C=O) groups is 2. The SMILES string of the molecule is CNCCCC(=O)N1CC(C(=O)O)c2ccccc21. The lowest BCUT2D eigenvalue weighted by molar-refractivity contribution is -0.138. The number of nitrogens with zero attached hydrogens (tertiary/aromatic N) is 1. The van der Waals surface area contributed by atoms with Crippen molar-refractivity contribution in [3.63, 3.8) is 0 Å². The summed E-state index contributed by atoms with van der Waals surface area (Å²) in [5.41, 5.74) is 1.47. The average Bonchev–Trinajstić information content (AvgIpc) is 2.78. The Morgan fingerprint density at radius 1 is 1.42 bits per heavy atom. The van der Waals surface area contributed by atoms with Gasteiger partial charge in [-0.05, 0) is 31.6 Å². The Bertz CT molecular complexity index is 487. The molecule has 0 bridgehead atoms. The molecule has 1 aliphatic rings. The molecule has 0 fully saturated rings. The molecule has 5 nitrogen and oxygen atoms in total. The molecule has 102 valence electrons. The lowest BCUT2D eigenvalue weighted by Gasteiger charge is -2.17. The van der Waals surface area contributed by atoms with Gasteiger partial charge in [0.2, 0.25) is 5.91 Å². The molecule has 0 radical (unpaired) electrons. The van der Waals surface area contributed by atoms with Crippen LogP contribution in [0.15, 0.2) is 24.3 Å². The van der Waals surface area contributed by atoms with Gasteiger partial charge in [-0.2, -0.15) is 0 Å². The van der Waals surface area contributed by atoms with E-state index in [1.165, 1.54) is 0 Å². The maximum atomic E-state index is 12.2.